The maximum atomic E-state index is 11.2. The molecule has 3 heteroatoms. The largest absolute Gasteiger partial charge is 0.386 e. The van der Waals surface area contributed by atoms with Gasteiger partial charge in [-0.25, -0.2) is 0 Å². The number of aliphatic hydroxyl groups is 1. The van der Waals surface area contributed by atoms with Gasteiger partial charge in [0.2, 0.25) is 0 Å². The lowest BCUT2D eigenvalue weighted by Crippen LogP contribution is -2.48. The van der Waals surface area contributed by atoms with Crippen LogP contribution in [0.2, 0.25) is 0 Å². The molecule has 35 heavy (non-hydrogen) atoms. The summed E-state index contributed by atoms with van der Waals surface area (Å²) in [5.41, 5.74) is 4.52. The summed E-state index contributed by atoms with van der Waals surface area (Å²) in [6.45, 7) is 22.5. The summed E-state index contributed by atoms with van der Waals surface area (Å²) >= 11 is 0. The predicted molar refractivity (Wildman–Crippen MR) is 153 cm³/mol. The Kier molecular flexibility index (Phi) is 11.9. The SMILES string of the molecule is CC.CC12CC(C1)C2.CCC(=O)CC(C)(C)C1CC1.CCC(C)=Nc1ccc(C(C)(C)O)cc1C. The minimum Gasteiger partial charge on any atom is -0.386 e. The second-order valence-electron chi connectivity index (χ2n) is 12.4. The van der Waals surface area contributed by atoms with E-state index < -0.39 is 5.60 Å². The number of hydrogen-bond acceptors (Lipinski definition) is 3. The molecular formula is C32H55NO2. The second kappa shape index (κ2) is 13.2. The summed E-state index contributed by atoms with van der Waals surface area (Å²) in [4.78, 5) is 15.7. The maximum Gasteiger partial charge on any atom is 0.133 e. The van der Waals surface area contributed by atoms with Crippen molar-refractivity contribution >= 4 is 17.2 Å². The summed E-state index contributed by atoms with van der Waals surface area (Å²) in [5.74, 6) is 2.43. The number of nitrogens with zero attached hydrogens (tertiary/aromatic N) is 1. The number of carbonyl (C=O) groups is 1. The lowest BCUT2D eigenvalue weighted by Gasteiger charge is -2.60. The molecule has 4 fully saturated rings. The molecule has 0 unspecified atom stereocenters. The third-order valence-corrected chi connectivity index (χ3v) is 7.80. The molecule has 4 saturated carbocycles. The number of hydrogen-bond donors (Lipinski definition) is 1. The number of benzene rings is 1. The Balaban J connectivity index is 0.000000275. The number of carbonyl (C=O) groups excluding carboxylic acids is 1. The van der Waals surface area contributed by atoms with Crippen LogP contribution in [0, 0.1) is 29.6 Å². The van der Waals surface area contributed by atoms with Crippen LogP contribution in [0.3, 0.4) is 0 Å². The minimum absolute atomic E-state index is 0.285. The van der Waals surface area contributed by atoms with Crippen molar-refractivity contribution in [3.8, 4) is 0 Å². The average Bonchev–Trinajstić information content (AvgIpc) is 3.60. The van der Waals surface area contributed by atoms with Crippen LogP contribution in [0.1, 0.15) is 132 Å². The minimum atomic E-state index is -0.785. The fourth-order valence-corrected chi connectivity index (χ4v) is 5.00. The molecule has 1 aromatic rings. The highest BCUT2D eigenvalue weighted by molar-refractivity contribution is 5.84. The molecule has 0 aliphatic heterocycles. The van der Waals surface area contributed by atoms with Gasteiger partial charge in [-0.15, -0.1) is 0 Å². The van der Waals surface area contributed by atoms with Gasteiger partial charge in [0.15, 0.2) is 0 Å². The zero-order valence-corrected chi connectivity index (χ0v) is 24.8. The third-order valence-electron chi connectivity index (χ3n) is 7.80. The standard InChI is InChI=1S/C14H21NO.C10H18O.C6H10.C2H6/c1-6-11(3)15-13-8-7-12(9-10(13)2)14(4,5)16;1-4-9(11)7-10(2,3)8-5-6-8;1-6-2-5(3-6)4-6;1-2/h7-9,16H,6H2,1-5H3;8H,4-7H2,1-3H3;5H,2-4H2,1H3;1-2H3. The van der Waals surface area contributed by atoms with Crippen LogP contribution < -0.4 is 0 Å². The first-order valence-corrected chi connectivity index (χ1v) is 14.1. The van der Waals surface area contributed by atoms with Crippen molar-refractivity contribution in [3.05, 3.63) is 29.3 Å². The number of ketones is 1. The second-order valence-corrected chi connectivity index (χ2v) is 12.4. The van der Waals surface area contributed by atoms with Gasteiger partial charge >= 0.3 is 0 Å². The van der Waals surface area contributed by atoms with Crippen molar-refractivity contribution in [2.24, 2.45) is 27.7 Å². The summed E-state index contributed by atoms with van der Waals surface area (Å²) in [5, 5.41) is 9.90. The van der Waals surface area contributed by atoms with Gasteiger partial charge in [0, 0.05) is 18.6 Å². The zero-order chi connectivity index (χ0) is 27.0. The van der Waals surface area contributed by atoms with E-state index in [1.807, 2.05) is 52.8 Å². The van der Waals surface area contributed by atoms with E-state index in [9.17, 15) is 9.90 Å². The number of aryl methyl sites for hydroxylation is 1. The molecule has 5 rings (SSSR count). The molecule has 1 N–H and O–H groups in total. The molecule has 4 aliphatic rings. The van der Waals surface area contributed by atoms with Gasteiger partial charge in [0.25, 0.3) is 0 Å². The topological polar surface area (TPSA) is 49.7 Å². The van der Waals surface area contributed by atoms with E-state index >= 15 is 0 Å². The molecule has 4 aliphatic carbocycles. The lowest BCUT2D eigenvalue weighted by atomic mass is 9.46. The summed E-state index contributed by atoms with van der Waals surface area (Å²) in [6, 6.07) is 5.92. The summed E-state index contributed by atoms with van der Waals surface area (Å²) in [6.07, 6.45) is 9.78. The van der Waals surface area contributed by atoms with Crippen LogP contribution in [0.5, 0.6) is 0 Å². The number of Topliss-reactive ketones (excluding diaryl/α,β-unsaturated/α-hetero) is 1. The predicted octanol–water partition coefficient (Wildman–Crippen LogP) is 9.35. The Labute approximate surface area is 217 Å². The van der Waals surface area contributed by atoms with Crippen molar-refractivity contribution in [2.45, 2.75) is 133 Å². The van der Waals surface area contributed by atoms with E-state index in [4.69, 9.17) is 0 Å². The third kappa shape index (κ3) is 10.2. The van der Waals surface area contributed by atoms with Gasteiger partial charge in [0.05, 0.1) is 11.3 Å². The fraction of sp³-hybridized carbons (Fsp3) is 0.750. The van der Waals surface area contributed by atoms with E-state index in [1.54, 1.807) is 33.1 Å². The molecule has 2 bridgehead atoms. The molecule has 0 radical (unpaired) electrons. The smallest absolute Gasteiger partial charge is 0.133 e. The van der Waals surface area contributed by atoms with E-state index in [2.05, 4.69) is 32.7 Å². The molecule has 0 amide bonds. The van der Waals surface area contributed by atoms with Crippen molar-refractivity contribution < 1.29 is 9.90 Å². The van der Waals surface area contributed by atoms with Crippen LogP contribution in [-0.2, 0) is 10.4 Å². The molecule has 0 spiro atoms. The van der Waals surface area contributed by atoms with Gasteiger partial charge in [0.1, 0.15) is 5.78 Å². The Morgan fingerprint density at radius 1 is 1.06 bits per heavy atom. The summed E-state index contributed by atoms with van der Waals surface area (Å²) in [7, 11) is 0. The molecule has 0 atom stereocenters. The highest BCUT2D eigenvalue weighted by atomic mass is 16.3. The maximum absolute atomic E-state index is 11.2. The van der Waals surface area contributed by atoms with Crippen molar-refractivity contribution in [2.75, 3.05) is 0 Å². The molecule has 1 aromatic carbocycles. The van der Waals surface area contributed by atoms with Gasteiger partial charge in [-0.3, -0.25) is 9.79 Å². The van der Waals surface area contributed by atoms with Crippen LogP contribution >= 0.6 is 0 Å². The monoisotopic (exact) mass is 485 g/mol. The Morgan fingerprint density at radius 2 is 1.57 bits per heavy atom. The number of rotatable bonds is 7. The van der Waals surface area contributed by atoms with Crippen LogP contribution in [0.4, 0.5) is 5.69 Å². The average molecular weight is 486 g/mol. The first kappa shape index (κ1) is 31.5. The normalized spacial score (nSPS) is 22.6. The quantitative estimate of drug-likeness (QED) is 0.391. The van der Waals surface area contributed by atoms with Crippen LogP contribution in [0.25, 0.3) is 0 Å². The molecule has 3 nitrogen and oxygen atoms in total. The van der Waals surface area contributed by atoms with Crippen molar-refractivity contribution in [3.63, 3.8) is 0 Å². The lowest BCUT2D eigenvalue weighted by molar-refractivity contribution is -0.120. The first-order chi connectivity index (χ1) is 16.2. The van der Waals surface area contributed by atoms with Gasteiger partial charge in [-0.05, 0) is 106 Å². The molecule has 0 aromatic heterocycles. The zero-order valence-electron chi connectivity index (χ0n) is 24.8. The highest BCUT2D eigenvalue weighted by Crippen LogP contribution is 2.63. The van der Waals surface area contributed by atoms with E-state index in [0.29, 0.717) is 12.2 Å². The van der Waals surface area contributed by atoms with Crippen LogP contribution in [0.15, 0.2) is 23.2 Å². The molecular weight excluding hydrogens is 430 g/mol. The van der Waals surface area contributed by atoms with E-state index in [1.165, 1.54) is 18.8 Å². The fourth-order valence-electron chi connectivity index (χ4n) is 5.00. The van der Waals surface area contributed by atoms with Crippen molar-refractivity contribution in [1.29, 1.82) is 0 Å². The van der Waals surface area contributed by atoms with E-state index in [0.717, 1.165) is 46.7 Å². The first-order valence-electron chi connectivity index (χ1n) is 14.1. The molecule has 0 heterocycles. The summed E-state index contributed by atoms with van der Waals surface area (Å²) < 4.78 is 0. The van der Waals surface area contributed by atoms with E-state index in [-0.39, 0.29) is 5.41 Å². The van der Waals surface area contributed by atoms with Gasteiger partial charge in [-0.2, -0.15) is 0 Å². The van der Waals surface area contributed by atoms with Gasteiger partial charge in [-0.1, -0.05) is 60.6 Å². The molecule has 0 saturated heterocycles. The Bertz CT molecular complexity index is 823. The van der Waals surface area contributed by atoms with Crippen molar-refractivity contribution in [1.82, 2.24) is 0 Å². The Hall–Kier alpha value is -1.48. The Morgan fingerprint density at radius 3 is 1.89 bits per heavy atom. The highest BCUT2D eigenvalue weighted by Gasteiger charge is 2.52. The van der Waals surface area contributed by atoms with Gasteiger partial charge < -0.3 is 5.11 Å². The van der Waals surface area contributed by atoms with Crippen LogP contribution in [-0.4, -0.2) is 16.6 Å². The molecule has 200 valence electrons. The number of aliphatic imine (C=N–C) groups is 1.